The van der Waals surface area contributed by atoms with E-state index in [-0.39, 0.29) is 0 Å². The summed E-state index contributed by atoms with van der Waals surface area (Å²) < 4.78 is 5.70. The van der Waals surface area contributed by atoms with Gasteiger partial charge in [-0.3, -0.25) is 0 Å². The molecule has 4 heteroatoms. The monoisotopic (exact) mass is 281 g/mol. The van der Waals surface area contributed by atoms with Gasteiger partial charge in [0.25, 0.3) is 0 Å². The molecule has 0 spiro atoms. The van der Waals surface area contributed by atoms with E-state index in [1.165, 1.54) is 0 Å². The van der Waals surface area contributed by atoms with Crippen LogP contribution >= 0.6 is 11.6 Å². The first-order valence-corrected chi connectivity index (χ1v) is 6.89. The molecule has 1 aromatic carbocycles. The van der Waals surface area contributed by atoms with Crippen molar-refractivity contribution in [2.45, 2.75) is 26.4 Å². The van der Waals surface area contributed by atoms with E-state index < -0.39 is 5.60 Å². The fourth-order valence-electron chi connectivity index (χ4n) is 1.98. The standard InChI is InChI=1S/C15H20ClNO2/c1-10(2)8-17-9-15(3,18)13-7-11-5-4-6-12(16)14(11)19-13/h4-7,10,17-18H,8-9H2,1-3H3. The second kappa shape index (κ2) is 5.53. The van der Waals surface area contributed by atoms with Gasteiger partial charge in [0, 0.05) is 11.9 Å². The predicted molar refractivity (Wildman–Crippen MR) is 78.5 cm³/mol. The minimum atomic E-state index is -1.04. The summed E-state index contributed by atoms with van der Waals surface area (Å²) in [4.78, 5) is 0. The van der Waals surface area contributed by atoms with Crippen molar-refractivity contribution in [1.29, 1.82) is 0 Å². The lowest BCUT2D eigenvalue weighted by Crippen LogP contribution is -2.36. The molecule has 0 aliphatic rings. The summed E-state index contributed by atoms with van der Waals surface area (Å²) in [5.74, 6) is 1.08. The molecular formula is C15H20ClNO2. The number of benzene rings is 1. The van der Waals surface area contributed by atoms with Crippen LogP contribution in [-0.2, 0) is 5.60 Å². The average molecular weight is 282 g/mol. The Morgan fingerprint density at radius 3 is 2.79 bits per heavy atom. The van der Waals surface area contributed by atoms with Gasteiger partial charge in [-0.25, -0.2) is 0 Å². The minimum absolute atomic E-state index is 0.447. The molecule has 2 rings (SSSR count). The van der Waals surface area contributed by atoms with E-state index in [2.05, 4.69) is 19.2 Å². The molecule has 0 aliphatic carbocycles. The summed E-state index contributed by atoms with van der Waals surface area (Å²) in [6, 6.07) is 7.42. The van der Waals surface area contributed by atoms with Crippen LogP contribution in [0.3, 0.4) is 0 Å². The zero-order valence-corrected chi connectivity index (χ0v) is 12.3. The number of hydrogen-bond donors (Lipinski definition) is 2. The van der Waals surface area contributed by atoms with Gasteiger partial charge in [0.05, 0.1) is 5.02 Å². The first kappa shape index (κ1) is 14.4. The van der Waals surface area contributed by atoms with Crippen LogP contribution in [0, 0.1) is 5.92 Å². The maximum absolute atomic E-state index is 10.5. The molecule has 3 nitrogen and oxygen atoms in total. The number of aliphatic hydroxyl groups is 1. The fraction of sp³-hybridized carbons (Fsp3) is 0.467. The molecule has 1 heterocycles. The van der Waals surface area contributed by atoms with E-state index in [9.17, 15) is 5.11 Å². The molecule has 19 heavy (non-hydrogen) atoms. The molecule has 2 N–H and O–H groups in total. The molecule has 1 unspecified atom stereocenters. The van der Waals surface area contributed by atoms with E-state index >= 15 is 0 Å². The number of furan rings is 1. The van der Waals surface area contributed by atoms with Crippen molar-refractivity contribution in [3.63, 3.8) is 0 Å². The van der Waals surface area contributed by atoms with Gasteiger partial charge in [0.2, 0.25) is 0 Å². The predicted octanol–water partition coefficient (Wildman–Crippen LogP) is 3.54. The maximum atomic E-state index is 10.5. The van der Waals surface area contributed by atoms with Gasteiger partial charge in [-0.15, -0.1) is 0 Å². The van der Waals surface area contributed by atoms with E-state index in [0.29, 0.717) is 28.8 Å². The van der Waals surface area contributed by atoms with E-state index in [0.717, 1.165) is 11.9 Å². The van der Waals surface area contributed by atoms with Crippen LogP contribution in [0.15, 0.2) is 28.7 Å². The van der Waals surface area contributed by atoms with Crippen molar-refractivity contribution in [1.82, 2.24) is 5.32 Å². The van der Waals surface area contributed by atoms with E-state index in [1.807, 2.05) is 18.2 Å². The Hall–Kier alpha value is -1.03. The minimum Gasteiger partial charge on any atom is -0.456 e. The van der Waals surface area contributed by atoms with Crippen molar-refractivity contribution in [2.75, 3.05) is 13.1 Å². The summed E-state index contributed by atoms with van der Waals surface area (Å²) in [7, 11) is 0. The van der Waals surface area contributed by atoms with Crippen LogP contribution in [0.5, 0.6) is 0 Å². The molecule has 0 bridgehead atoms. The maximum Gasteiger partial charge on any atom is 0.153 e. The van der Waals surface area contributed by atoms with Crippen LogP contribution < -0.4 is 5.32 Å². The Morgan fingerprint density at radius 1 is 1.42 bits per heavy atom. The second-order valence-electron chi connectivity index (χ2n) is 5.57. The Labute approximate surface area is 118 Å². The summed E-state index contributed by atoms with van der Waals surface area (Å²) in [5.41, 5.74) is -0.416. The quantitative estimate of drug-likeness (QED) is 0.881. The van der Waals surface area contributed by atoms with Crippen LogP contribution in [-0.4, -0.2) is 18.2 Å². The third-order valence-corrected chi connectivity index (χ3v) is 3.35. The first-order valence-electron chi connectivity index (χ1n) is 6.52. The number of fused-ring (bicyclic) bond motifs is 1. The van der Waals surface area contributed by atoms with Crippen molar-refractivity contribution >= 4 is 22.6 Å². The largest absolute Gasteiger partial charge is 0.456 e. The number of para-hydroxylation sites is 1. The lowest BCUT2D eigenvalue weighted by Gasteiger charge is -2.21. The molecule has 1 atom stereocenters. The third-order valence-electron chi connectivity index (χ3n) is 3.05. The molecular weight excluding hydrogens is 262 g/mol. The lowest BCUT2D eigenvalue weighted by molar-refractivity contribution is 0.0354. The van der Waals surface area contributed by atoms with Crippen molar-refractivity contribution in [2.24, 2.45) is 5.92 Å². The number of hydrogen-bond acceptors (Lipinski definition) is 3. The highest BCUT2D eigenvalue weighted by atomic mass is 35.5. The van der Waals surface area contributed by atoms with Gasteiger partial charge in [-0.05, 0) is 31.5 Å². The zero-order chi connectivity index (χ0) is 14.0. The molecule has 0 saturated carbocycles. The van der Waals surface area contributed by atoms with Gasteiger partial charge < -0.3 is 14.8 Å². The highest BCUT2D eigenvalue weighted by Crippen LogP contribution is 2.31. The van der Waals surface area contributed by atoms with Crippen LogP contribution in [0.4, 0.5) is 0 Å². The van der Waals surface area contributed by atoms with Crippen molar-refractivity contribution in [3.05, 3.63) is 35.0 Å². The SMILES string of the molecule is CC(C)CNCC(C)(O)c1cc2cccc(Cl)c2o1. The van der Waals surface area contributed by atoms with Crippen LogP contribution in [0.2, 0.25) is 5.02 Å². The second-order valence-corrected chi connectivity index (χ2v) is 5.97. The lowest BCUT2D eigenvalue weighted by atomic mass is 10.0. The van der Waals surface area contributed by atoms with Gasteiger partial charge in [0.1, 0.15) is 11.4 Å². The Bertz CT molecular complexity index is 560. The molecule has 2 aromatic rings. The summed E-state index contributed by atoms with van der Waals surface area (Å²) >= 11 is 6.08. The molecule has 0 amide bonds. The normalized spacial score (nSPS) is 15.1. The topological polar surface area (TPSA) is 45.4 Å². The summed E-state index contributed by atoms with van der Waals surface area (Å²) in [6.07, 6.45) is 0. The van der Waals surface area contributed by atoms with Crippen molar-refractivity contribution < 1.29 is 9.52 Å². The first-order chi connectivity index (χ1) is 8.90. The van der Waals surface area contributed by atoms with Crippen LogP contribution in [0.1, 0.15) is 26.5 Å². The summed E-state index contributed by atoms with van der Waals surface area (Å²) in [6.45, 7) is 7.30. The Balaban J connectivity index is 2.20. The fourth-order valence-corrected chi connectivity index (χ4v) is 2.20. The average Bonchev–Trinajstić information content (AvgIpc) is 2.74. The summed E-state index contributed by atoms with van der Waals surface area (Å²) in [5, 5.41) is 15.2. The zero-order valence-electron chi connectivity index (χ0n) is 11.5. The molecule has 0 fully saturated rings. The van der Waals surface area contributed by atoms with Gasteiger partial charge in [0.15, 0.2) is 5.58 Å². The van der Waals surface area contributed by atoms with Gasteiger partial charge >= 0.3 is 0 Å². The smallest absolute Gasteiger partial charge is 0.153 e. The molecule has 0 saturated heterocycles. The van der Waals surface area contributed by atoms with Gasteiger partial charge in [-0.1, -0.05) is 37.6 Å². The molecule has 0 aliphatic heterocycles. The Morgan fingerprint density at radius 2 is 2.16 bits per heavy atom. The highest BCUT2D eigenvalue weighted by molar-refractivity contribution is 6.34. The molecule has 0 radical (unpaired) electrons. The number of rotatable bonds is 5. The van der Waals surface area contributed by atoms with E-state index in [1.54, 1.807) is 13.0 Å². The number of nitrogens with one attached hydrogen (secondary N) is 1. The molecule has 1 aromatic heterocycles. The van der Waals surface area contributed by atoms with Gasteiger partial charge in [-0.2, -0.15) is 0 Å². The van der Waals surface area contributed by atoms with Crippen molar-refractivity contribution in [3.8, 4) is 0 Å². The number of halogens is 1. The molecule has 104 valence electrons. The van der Waals surface area contributed by atoms with Crippen LogP contribution in [0.25, 0.3) is 11.0 Å². The Kier molecular flexibility index (Phi) is 4.19. The van der Waals surface area contributed by atoms with E-state index in [4.69, 9.17) is 16.0 Å². The highest BCUT2D eigenvalue weighted by Gasteiger charge is 2.27. The third kappa shape index (κ3) is 3.30.